The summed E-state index contributed by atoms with van der Waals surface area (Å²) in [6.45, 7) is -1.23. The van der Waals surface area contributed by atoms with Crippen LogP contribution in [0.25, 0.3) is 0 Å². The lowest BCUT2D eigenvalue weighted by atomic mass is 9.96. The van der Waals surface area contributed by atoms with Crippen LogP contribution in [0.5, 0.6) is 0 Å². The smallest absolute Gasteiger partial charge is 0.186 e. The van der Waals surface area contributed by atoms with E-state index in [9.17, 15) is 30.6 Å². The van der Waals surface area contributed by atoms with Gasteiger partial charge in [0.15, 0.2) is 12.6 Å². The van der Waals surface area contributed by atoms with Crippen LogP contribution in [0.2, 0.25) is 0 Å². The zero-order chi connectivity index (χ0) is 17.3. The zero-order valence-corrected chi connectivity index (χ0v) is 12.1. The Morgan fingerprint density at radius 2 is 1.39 bits per heavy atom. The Morgan fingerprint density at radius 3 is 1.96 bits per heavy atom. The van der Waals surface area contributed by atoms with Crippen LogP contribution in [0.15, 0.2) is 0 Å². The van der Waals surface area contributed by atoms with Gasteiger partial charge < -0.3 is 55.7 Å². The monoisotopic (exact) mass is 341 g/mol. The van der Waals surface area contributed by atoms with Crippen molar-refractivity contribution in [2.45, 2.75) is 61.3 Å². The van der Waals surface area contributed by atoms with Gasteiger partial charge in [0.05, 0.1) is 19.3 Å². The molecule has 11 heteroatoms. The number of ether oxygens (including phenoxy) is 3. The van der Waals surface area contributed by atoms with Crippen molar-refractivity contribution in [2.24, 2.45) is 5.73 Å². The van der Waals surface area contributed by atoms with Gasteiger partial charge in [-0.25, -0.2) is 0 Å². The van der Waals surface area contributed by atoms with Crippen molar-refractivity contribution in [3.05, 3.63) is 0 Å². The summed E-state index contributed by atoms with van der Waals surface area (Å²) < 4.78 is 15.5. The molecule has 0 aromatic heterocycles. The molecular weight excluding hydrogens is 318 g/mol. The quantitative estimate of drug-likeness (QED) is 0.243. The fourth-order valence-corrected chi connectivity index (χ4v) is 2.62. The summed E-state index contributed by atoms with van der Waals surface area (Å²) in [5.74, 6) is 0. The molecule has 136 valence electrons. The molecule has 0 aliphatic carbocycles. The van der Waals surface area contributed by atoms with Gasteiger partial charge in [-0.05, 0) is 0 Å². The minimum Gasteiger partial charge on any atom is -0.394 e. The molecule has 0 saturated carbocycles. The van der Waals surface area contributed by atoms with E-state index in [2.05, 4.69) is 0 Å². The second kappa shape index (κ2) is 7.63. The molecule has 0 amide bonds. The largest absolute Gasteiger partial charge is 0.394 e. The van der Waals surface area contributed by atoms with Gasteiger partial charge in [0, 0.05) is 0 Å². The third kappa shape index (κ3) is 3.65. The predicted molar refractivity (Wildman–Crippen MR) is 70.6 cm³/mol. The molecule has 0 aromatic carbocycles. The van der Waals surface area contributed by atoms with Gasteiger partial charge in [0.2, 0.25) is 0 Å². The second-order valence-electron chi connectivity index (χ2n) is 5.61. The molecule has 0 unspecified atom stereocenters. The number of hydrogen-bond acceptors (Lipinski definition) is 11. The zero-order valence-electron chi connectivity index (χ0n) is 12.1. The van der Waals surface area contributed by atoms with E-state index in [-0.39, 0.29) is 0 Å². The van der Waals surface area contributed by atoms with Crippen molar-refractivity contribution in [3.63, 3.8) is 0 Å². The van der Waals surface area contributed by atoms with Crippen molar-refractivity contribution in [3.8, 4) is 0 Å². The molecule has 11 nitrogen and oxygen atoms in total. The Hall–Kier alpha value is -0.440. The molecule has 23 heavy (non-hydrogen) atoms. The van der Waals surface area contributed by atoms with Crippen LogP contribution in [0.4, 0.5) is 0 Å². The molecule has 2 fully saturated rings. The molecule has 0 bridgehead atoms. The third-order valence-electron chi connectivity index (χ3n) is 4.07. The Labute approximate surface area is 131 Å². The van der Waals surface area contributed by atoms with E-state index in [0.29, 0.717) is 0 Å². The van der Waals surface area contributed by atoms with Crippen LogP contribution < -0.4 is 5.73 Å². The lowest BCUT2D eigenvalue weighted by Gasteiger charge is -2.45. The SMILES string of the molecule is N[C@H]1[C@@H](O)[C@@H](CO)O[C@H](O[C@@H]2[C@H](O)[C@@H](O)[C@H](O)O[C@@H]2CO)[C@@H]1O. The van der Waals surface area contributed by atoms with Crippen LogP contribution >= 0.6 is 0 Å². The molecular formula is C12H23NO10. The second-order valence-corrected chi connectivity index (χ2v) is 5.61. The highest BCUT2D eigenvalue weighted by Crippen LogP contribution is 2.27. The molecule has 9 N–H and O–H groups in total. The fraction of sp³-hybridized carbons (Fsp3) is 1.00. The number of aliphatic hydroxyl groups is 7. The normalized spacial score (nSPS) is 51.7. The number of aliphatic hydroxyl groups excluding tert-OH is 7. The van der Waals surface area contributed by atoms with E-state index in [4.69, 9.17) is 25.1 Å². The van der Waals surface area contributed by atoms with Crippen molar-refractivity contribution < 1.29 is 50.0 Å². The maximum atomic E-state index is 10.0. The predicted octanol–water partition coefficient (Wildman–Crippen LogP) is -5.43. The van der Waals surface area contributed by atoms with Crippen LogP contribution in [0.3, 0.4) is 0 Å². The lowest BCUT2D eigenvalue weighted by Crippen LogP contribution is -2.66. The number of nitrogens with two attached hydrogens (primary N) is 1. The topological polar surface area (TPSA) is 195 Å². The molecule has 10 atom stereocenters. The Morgan fingerprint density at radius 1 is 0.783 bits per heavy atom. The Bertz CT molecular complexity index is 383. The fourth-order valence-electron chi connectivity index (χ4n) is 2.62. The minimum atomic E-state index is -1.71. The van der Waals surface area contributed by atoms with Gasteiger partial charge in [0.1, 0.15) is 42.7 Å². The number of rotatable bonds is 4. The van der Waals surface area contributed by atoms with Gasteiger partial charge in [0.25, 0.3) is 0 Å². The van der Waals surface area contributed by atoms with Crippen LogP contribution in [-0.2, 0) is 14.2 Å². The van der Waals surface area contributed by atoms with Gasteiger partial charge in [-0.1, -0.05) is 0 Å². The van der Waals surface area contributed by atoms with Crippen LogP contribution in [0, 0.1) is 0 Å². The molecule has 2 aliphatic heterocycles. The van der Waals surface area contributed by atoms with E-state index in [0.717, 1.165) is 0 Å². The first-order chi connectivity index (χ1) is 10.8. The lowest BCUT2D eigenvalue weighted by molar-refractivity contribution is -0.345. The highest BCUT2D eigenvalue weighted by atomic mass is 16.7. The highest BCUT2D eigenvalue weighted by molar-refractivity contribution is 4.95. The van der Waals surface area contributed by atoms with Crippen molar-refractivity contribution >= 4 is 0 Å². The first kappa shape index (κ1) is 18.9. The Kier molecular flexibility index (Phi) is 6.27. The average Bonchev–Trinajstić information content (AvgIpc) is 2.55. The van der Waals surface area contributed by atoms with Gasteiger partial charge >= 0.3 is 0 Å². The summed E-state index contributed by atoms with van der Waals surface area (Å²) in [6, 6.07) is -1.18. The summed E-state index contributed by atoms with van der Waals surface area (Å²) in [5.41, 5.74) is 5.63. The molecule has 2 rings (SSSR count). The third-order valence-corrected chi connectivity index (χ3v) is 4.07. The van der Waals surface area contributed by atoms with E-state index >= 15 is 0 Å². The van der Waals surface area contributed by atoms with E-state index in [1.165, 1.54) is 0 Å². The highest BCUT2D eigenvalue weighted by Gasteiger charge is 2.49. The maximum absolute atomic E-state index is 10.0. The van der Waals surface area contributed by atoms with Gasteiger partial charge in [-0.2, -0.15) is 0 Å². The van der Waals surface area contributed by atoms with Crippen molar-refractivity contribution in [1.29, 1.82) is 0 Å². The molecule has 0 radical (unpaired) electrons. The molecule has 2 heterocycles. The molecule has 0 spiro atoms. The van der Waals surface area contributed by atoms with E-state index in [1.807, 2.05) is 0 Å². The minimum absolute atomic E-state index is 0.587. The average molecular weight is 341 g/mol. The molecule has 2 aliphatic rings. The summed E-state index contributed by atoms with van der Waals surface area (Å²) in [4.78, 5) is 0. The molecule has 2 saturated heterocycles. The Balaban J connectivity index is 2.11. The van der Waals surface area contributed by atoms with Gasteiger partial charge in [-0.3, -0.25) is 0 Å². The van der Waals surface area contributed by atoms with Crippen LogP contribution in [-0.4, -0.2) is 110 Å². The van der Waals surface area contributed by atoms with Crippen molar-refractivity contribution in [2.75, 3.05) is 13.2 Å². The summed E-state index contributed by atoms with van der Waals surface area (Å²) in [5, 5.41) is 67.2. The summed E-state index contributed by atoms with van der Waals surface area (Å²) >= 11 is 0. The first-order valence-electron chi connectivity index (χ1n) is 7.15. The summed E-state index contributed by atoms with van der Waals surface area (Å²) in [7, 11) is 0. The maximum Gasteiger partial charge on any atom is 0.186 e. The van der Waals surface area contributed by atoms with Gasteiger partial charge in [-0.15, -0.1) is 0 Å². The van der Waals surface area contributed by atoms with Crippen molar-refractivity contribution in [1.82, 2.24) is 0 Å². The van der Waals surface area contributed by atoms with E-state index < -0.39 is 74.6 Å². The summed E-state index contributed by atoms with van der Waals surface area (Å²) in [6.07, 6.45) is -13.0. The van der Waals surface area contributed by atoms with E-state index in [1.54, 1.807) is 0 Å². The standard InChI is InChI=1S/C12H23NO10/c13-5-6(16)3(1-14)22-12(7(5)17)23-10-4(2-15)21-11(20)9(19)8(10)18/h3-12,14-20H,1-2,13H2/t3-,4-,5+,6+,7-,8-,9-,10+,11-,12-/m1/s1. The van der Waals surface area contributed by atoms with Crippen LogP contribution in [0.1, 0.15) is 0 Å². The molecule has 0 aromatic rings. The number of hydrogen-bond donors (Lipinski definition) is 8. The first-order valence-corrected chi connectivity index (χ1v) is 7.15.